The molecule has 2 rings (SSSR count). The van der Waals surface area contributed by atoms with Crippen molar-refractivity contribution in [2.45, 2.75) is 6.42 Å². The van der Waals surface area contributed by atoms with Crippen molar-refractivity contribution < 1.29 is 0 Å². The smallest absolute Gasteiger partial charge is 0.101 e. The lowest BCUT2D eigenvalue weighted by atomic mass is 10.2. The van der Waals surface area contributed by atoms with Gasteiger partial charge in [0, 0.05) is 15.9 Å². The largest absolute Gasteiger partial charge is 0.384 e. The van der Waals surface area contributed by atoms with Crippen LogP contribution >= 0.6 is 27.3 Å². The number of halogens is 1. The predicted octanol–water partition coefficient (Wildman–Crippen LogP) is 4.04. The third-order valence-electron chi connectivity index (χ3n) is 2.37. The van der Waals surface area contributed by atoms with Crippen molar-refractivity contribution in [3.8, 4) is 6.07 Å². The molecule has 0 bridgehead atoms. The molecule has 0 atom stereocenters. The molecule has 0 radical (unpaired) electrons. The molecule has 0 aliphatic rings. The van der Waals surface area contributed by atoms with Gasteiger partial charge in [0.2, 0.25) is 0 Å². The molecule has 2 aromatic rings. The normalized spacial score (nSPS) is 9.88. The summed E-state index contributed by atoms with van der Waals surface area (Å²) in [5, 5.41) is 14.4. The number of rotatable bonds is 4. The Morgan fingerprint density at radius 3 is 2.94 bits per heavy atom. The fourth-order valence-corrected chi connectivity index (χ4v) is 2.61. The second kappa shape index (κ2) is 5.85. The Kier molecular flexibility index (Phi) is 4.18. The number of hydrogen-bond donors (Lipinski definition) is 1. The van der Waals surface area contributed by atoms with Crippen molar-refractivity contribution in [1.82, 2.24) is 0 Å². The molecule has 1 heterocycles. The van der Waals surface area contributed by atoms with Crippen molar-refractivity contribution in [2.24, 2.45) is 0 Å². The monoisotopic (exact) mass is 306 g/mol. The quantitative estimate of drug-likeness (QED) is 0.925. The first kappa shape index (κ1) is 12.2. The molecule has 0 amide bonds. The Hall–Kier alpha value is -1.31. The summed E-state index contributed by atoms with van der Waals surface area (Å²) in [4.78, 5) is 1.35. The van der Waals surface area contributed by atoms with Crippen LogP contribution in [0.4, 0.5) is 5.69 Å². The average molecular weight is 307 g/mol. The summed E-state index contributed by atoms with van der Waals surface area (Å²) in [7, 11) is 0. The molecule has 0 saturated carbocycles. The van der Waals surface area contributed by atoms with Gasteiger partial charge < -0.3 is 5.32 Å². The second-order valence-electron chi connectivity index (χ2n) is 3.56. The van der Waals surface area contributed by atoms with E-state index in [4.69, 9.17) is 5.26 Å². The molecule has 0 fully saturated rings. The van der Waals surface area contributed by atoms with Crippen molar-refractivity contribution in [3.63, 3.8) is 0 Å². The van der Waals surface area contributed by atoms with Crippen LogP contribution < -0.4 is 5.32 Å². The van der Waals surface area contributed by atoms with E-state index >= 15 is 0 Å². The number of hydrogen-bond acceptors (Lipinski definition) is 3. The minimum Gasteiger partial charge on any atom is -0.384 e. The highest BCUT2D eigenvalue weighted by atomic mass is 79.9. The van der Waals surface area contributed by atoms with Gasteiger partial charge in [0.05, 0.1) is 11.3 Å². The van der Waals surface area contributed by atoms with Crippen LogP contribution in [0.15, 0.2) is 40.2 Å². The van der Waals surface area contributed by atoms with E-state index in [0.29, 0.717) is 5.56 Å². The van der Waals surface area contributed by atoms with Crippen LogP contribution in [0, 0.1) is 11.3 Å². The Balaban J connectivity index is 1.97. The molecule has 0 aliphatic carbocycles. The summed E-state index contributed by atoms with van der Waals surface area (Å²) < 4.78 is 0.929. The van der Waals surface area contributed by atoms with Gasteiger partial charge in [-0.1, -0.05) is 22.0 Å². The molecule has 86 valence electrons. The molecule has 0 aliphatic heterocycles. The molecule has 1 N–H and O–H groups in total. The van der Waals surface area contributed by atoms with Crippen LogP contribution in [-0.2, 0) is 6.42 Å². The number of nitriles is 1. The average Bonchev–Trinajstić information content (AvgIpc) is 2.84. The summed E-state index contributed by atoms with van der Waals surface area (Å²) in [6.45, 7) is 0.844. The number of anilines is 1. The Bertz CT molecular complexity index is 529. The Morgan fingerprint density at radius 2 is 2.24 bits per heavy atom. The van der Waals surface area contributed by atoms with Gasteiger partial charge in [-0.05, 0) is 36.1 Å². The van der Waals surface area contributed by atoms with Gasteiger partial charge in [0.25, 0.3) is 0 Å². The first-order valence-corrected chi connectivity index (χ1v) is 6.93. The number of thiophene rings is 1. The van der Waals surface area contributed by atoms with Crippen molar-refractivity contribution in [2.75, 3.05) is 11.9 Å². The Morgan fingerprint density at radius 1 is 1.35 bits per heavy atom. The molecule has 1 aromatic carbocycles. The van der Waals surface area contributed by atoms with Gasteiger partial charge in [-0.3, -0.25) is 0 Å². The van der Waals surface area contributed by atoms with Crippen LogP contribution in [0.25, 0.3) is 0 Å². The van der Waals surface area contributed by atoms with Crippen LogP contribution in [0.2, 0.25) is 0 Å². The molecular formula is C13H11BrN2S. The Labute approximate surface area is 113 Å². The highest BCUT2D eigenvalue weighted by Gasteiger charge is 2.02. The van der Waals surface area contributed by atoms with E-state index < -0.39 is 0 Å². The molecule has 2 nitrogen and oxygen atoms in total. The lowest BCUT2D eigenvalue weighted by Gasteiger charge is -2.07. The third-order valence-corrected chi connectivity index (χ3v) is 3.80. The zero-order valence-electron chi connectivity index (χ0n) is 9.11. The summed E-state index contributed by atoms with van der Waals surface area (Å²) in [5.74, 6) is 0. The molecule has 0 saturated heterocycles. The van der Waals surface area contributed by atoms with E-state index in [-0.39, 0.29) is 0 Å². The number of nitrogens with one attached hydrogen (secondary N) is 1. The summed E-state index contributed by atoms with van der Waals surface area (Å²) in [6.07, 6.45) is 0.985. The highest BCUT2D eigenvalue weighted by Crippen LogP contribution is 2.20. The van der Waals surface area contributed by atoms with E-state index in [0.717, 1.165) is 23.1 Å². The van der Waals surface area contributed by atoms with Gasteiger partial charge in [-0.2, -0.15) is 5.26 Å². The van der Waals surface area contributed by atoms with E-state index in [2.05, 4.69) is 44.8 Å². The fourth-order valence-electron chi connectivity index (χ4n) is 1.54. The maximum absolute atomic E-state index is 9.02. The van der Waals surface area contributed by atoms with Crippen LogP contribution in [0.1, 0.15) is 10.4 Å². The maximum Gasteiger partial charge on any atom is 0.101 e. The number of benzene rings is 1. The molecule has 4 heteroatoms. The van der Waals surface area contributed by atoms with Crippen LogP contribution in [0.3, 0.4) is 0 Å². The molecular weight excluding hydrogens is 296 g/mol. The lowest BCUT2D eigenvalue weighted by molar-refractivity contribution is 1.04. The van der Waals surface area contributed by atoms with Gasteiger partial charge in [0.15, 0.2) is 0 Å². The van der Waals surface area contributed by atoms with Crippen molar-refractivity contribution in [1.29, 1.82) is 5.26 Å². The fraction of sp³-hybridized carbons (Fsp3) is 0.154. The van der Waals surface area contributed by atoms with Gasteiger partial charge in [0.1, 0.15) is 6.07 Å². The minimum atomic E-state index is 0.672. The van der Waals surface area contributed by atoms with E-state index in [9.17, 15) is 0 Å². The second-order valence-corrected chi connectivity index (χ2v) is 5.51. The summed E-state index contributed by atoms with van der Waals surface area (Å²) in [5.41, 5.74) is 1.57. The SMILES string of the molecule is N#Cc1cc(Br)ccc1NCCc1cccs1. The maximum atomic E-state index is 9.02. The van der Waals surface area contributed by atoms with E-state index in [1.807, 2.05) is 18.2 Å². The standard InChI is InChI=1S/C13H11BrN2S/c14-11-3-4-13(10(8-11)9-15)16-6-5-12-2-1-7-17-12/h1-4,7-8,16H,5-6H2. The third kappa shape index (κ3) is 3.32. The van der Waals surface area contributed by atoms with Crippen molar-refractivity contribution in [3.05, 3.63) is 50.6 Å². The first-order valence-electron chi connectivity index (χ1n) is 5.25. The summed E-state index contributed by atoms with van der Waals surface area (Å²) >= 11 is 5.12. The van der Waals surface area contributed by atoms with Crippen LogP contribution in [0.5, 0.6) is 0 Å². The molecule has 17 heavy (non-hydrogen) atoms. The van der Waals surface area contributed by atoms with Gasteiger partial charge in [-0.25, -0.2) is 0 Å². The van der Waals surface area contributed by atoms with E-state index in [1.165, 1.54) is 4.88 Å². The van der Waals surface area contributed by atoms with Gasteiger partial charge >= 0.3 is 0 Å². The highest BCUT2D eigenvalue weighted by molar-refractivity contribution is 9.10. The van der Waals surface area contributed by atoms with Gasteiger partial charge in [-0.15, -0.1) is 11.3 Å². The molecule has 1 aromatic heterocycles. The molecule has 0 spiro atoms. The molecule has 0 unspecified atom stereocenters. The first-order chi connectivity index (χ1) is 8.29. The lowest BCUT2D eigenvalue weighted by Crippen LogP contribution is -2.05. The zero-order valence-corrected chi connectivity index (χ0v) is 11.5. The predicted molar refractivity (Wildman–Crippen MR) is 75.4 cm³/mol. The number of nitrogens with zero attached hydrogens (tertiary/aromatic N) is 1. The topological polar surface area (TPSA) is 35.8 Å². The van der Waals surface area contributed by atoms with Crippen LogP contribution in [-0.4, -0.2) is 6.54 Å². The van der Waals surface area contributed by atoms with Crippen molar-refractivity contribution >= 4 is 33.0 Å². The van der Waals surface area contributed by atoms with E-state index in [1.54, 1.807) is 11.3 Å². The minimum absolute atomic E-state index is 0.672. The zero-order chi connectivity index (χ0) is 12.1. The summed E-state index contributed by atoms with van der Waals surface area (Å²) in [6, 6.07) is 12.1.